The van der Waals surface area contributed by atoms with E-state index in [1.165, 1.54) is 44.2 Å². The number of hydrogen-bond acceptors (Lipinski definition) is 1. The monoisotopic (exact) mass is 481 g/mol. The first kappa shape index (κ1) is 23.7. The lowest BCUT2D eigenvalue weighted by Gasteiger charge is -2.44. The van der Waals surface area contributed by atoms with Gasteiger partial charge in [-0.05, 0) is 79.3 Å². The molecule has 1 heteroatoms. The molecule has 0 atom stereocenters. The van der Waals surface area contributed by atoms with Crippen molar-refractivity contribution in [1.29, 1.82) is 0 Å². The molecule has 0 aliphatic heterocycles. The van der Waals surface area contributed by atoms with Crippen LogP contribution in [0.2, 0.25) is 0 Å². The Balaban J connectivity index is 1.42. The summed E-state index contributed by atoms with van der Waals surface area (Å²) in [6.45, 7) is 14.4. The first-order valence-electron chi connectivity index (χ1n) is 13.3. The molecule has 0 saturated heterocycles. The molecule has 1 nitrogen and oxygen atoms in total. The summed E-state index contributed by atoms with van der Waals surface area (Å²) >= 11 is 0. The first-order chi connectivity index (χ1) is 17.6. The number of benzene rings is 4. The molecular weight excluding hydrogens is 446 g/mol. The van der Waals surface area contributed by atoms with Gasteiger partial charge < -0.3 is 0 Å². The summed E-state index contributed by atoms with van der Waals surface area (Å²) in [4.78, 5) is 4.92. The largest absolute Gasteiger partial charge is 0.256 e. The van der Waals surface area contributed by atoms with Gasteiger partial charge in [-0.25, -0.2) is 0 Å². The molecule has 0 saturated carbocycles. The quantitative estimate of drug-likeness (QED) is 0.250. The molecule has 0 spiro atoms. The zero-order valence-corrected chi connectivity index (χ0v) is 22.8. The Morgan fingerprint density at radius 2 is 0.946 bits per heavy atom. The minimum absolute atomic E-state index is 0.0904. The summed E-state index contributed by atoms with van der Waals surface area (Å²) in [5.41, 5.74) is 10.3. The summed E-state index contributed by atoms with van der Waals surface area (Å²) in [5.74, 6) is 0. The molecule has 1 heterocycles. The van der Waals surface area contributed by atoms with Gasteiger partial charge in [0.2, 0.25) is 0 Å². The van der Waals surface area contributed by atoms with Gasteiger partial charge in [0, 0.05) is 17.1 Å². The first-order valence-corrected chi connectivity index (χ1v) is 13.3. The van der Waals surface area contributed by atoms with E-state index in [9.17, 15) is 0 Å². The summed E-state index contributed by atoms with van der Waals surface area (Å²) in [6.07, 6.45) is 2.06. The van der Waals surface area contributed by atoms with E-state index >= 15 is 0 Å². The molecule has 5 aromatic rings. The Kier molecular flexibility index (Phi) is 5.21. The summed E-state index contributed by atoms with van der Waals surface area (Å²) in [7, 11) is 0. The highest BCUT2D eigenvalue weighted by Gasteiger charge is 2.56. The lowest BCUT2D eigenvalue weighted by Crippen LogP contribution is -2.42. The van der Waals surface area contributed by atoms with E-state index < -0.39 is 0 Å². The maximum Gasteiger partial charge on any atom is 0.0708 e. The number of nitrogens with zero attached hydrogens (tertiary/aromatic N) is 1. The summed E-state index contributed by atoms with van der Waals surface area (Å²) in [6, 6.07) is 35.2. The smallest absolute Gasteiger partial charge is 0.0708 e. The maximum atomic E-state index is 4.92. The second kappa shape index (κ2) is 8.15. The fourth-order valence-electron chi connectivity index (χ4n) is 6.21. The fraction of sp³-hybridized carbons (Fsp3) is 0.250. The normalized spacial score (nSPS) is 17.0. The molecule has 0 N–H and O–H groups in total. The molecule has 0 amide bonds. The van der Waals surface area contributed by atoms with E-state index in [-0.39, 0.29) is 16.2 Å². The van der Waals surface area contributed by atoms with Crippen LogP contribution in [0.25, 0.3) is 44.3 Å². The van der Waals surface area contributed by atoms with Crippen molar-refractivity contribution in [2.24, 2.45) is 5.41 Å². The second-order valence-electron chi connectivity index (χ2n) is 12.2. The van der Waals surface area contributed by atoms with E-state index in [1.54, 1.807) is 0 Å². The van der Waals surface area contributed by atoms with Gasteiger partial charge in [-0.1, -0.05) is 114 Å². The van der Waals surface area contributed by atoms with Crippen LogP contribution in [0, 0.1) is 5.41 Å². The Morgan fingerprint density at radius 1 is 0.459 bits per heavy atom. The number of pyridine rings is 1. The highest BCUT2D eigenvalue weighted by atomic mass is 14.7. The van der Waals surface area contributed by atoms with Gasteiger partial charge in [-0.2, -0.15) is 0 Å². The van der Waals surface area contributed by atoms with Crippen LogP contribution in [0.4, 0.5) is 0 Å². The lowest BCUT2D eigenvalue weighted by atomic mass is 9.59. The topological polar surface area (TPSA) is 12.9 Å². The Bertz CT molecular complexity index is 1640. The molecule has 0 unspecified atom stereocenters. The van der Waals surface area contributed by atoms with Gasteiger partial charge in [0.1, 0.15) is 0 Å². The third-order valence-corrected chi connectivity index (χ3v) is 9.79. The van der Waals surface area contributed by atoms with Crippen molar-refractivity contribution in [3.8, 4) is 33.5 Å². The SMILES string of the molecule is CC1(C)c2cc3cnc(-c4cccc(-c5cccc(-c6ccccc6)c5)c4)cc3cc2C(C)(C)C1(C)C. The van der Waals surface area contributed by atoms with Gasteiger partial charge in [-0.15, -0.1) is 0 Å². The Hall–Kier alpha value is -3.71. The predicted molar refractivity (Wildman–Crippen MR) is 158 cm³/mol. The molecule has 0 fully saturated rings. The molecule has 1 aliphatic carbocycles. The van der Waals surface area contributed by atoms with Crippen LogP contribution in [0.5, 0.6) is 0 Å². The van der Waals surface area contributed by atoms with Gasteiger partial charge in [0.25, 0.3) is 0 Å². The molecular formula is C36H35N. The van der Waals surface area contributed by atoms with Crippen molar-refractivity contribution in [2.75, 3.05) is 0 Å². The zero-order valence-electron chi connectivity index (χ0n) is 22.8. The van der Waals surface area contributed by atoms with Crippen molar-refractivity contribution in [3.63, 3.8) is 0 Å². The standard InChI is InChI=1S/C36H35N/c1-34(2)31-20-29-22-33(37-23-30(29)21-32(31)35(3,4)36(34,5)6)28-17-11-16-27(19-28)26-15-10-14-25(18-26)24-12-8-7-9-13-24/h7-23H,1-6H3. The van der Waals surface area contributed by atoms with Crippen molar-refractivity contribution < 1.29 is 0 Å². The molecule has 4 aromatic carbocycles. The molecule has 0 radical (unpaired) electrons. The molecule has 1 aromatic heterocycles. The highest BCUT2D eigenvalue weighted by Crippen LogP contribution is 2.61. The van der Waals surface area contributed by atoms with E-state index in [4.69, 9.17) is 4.98 Å². The van der Waals surface area contributed by atoms with Crippen LogP contribution in [-0.4, -0.2) is 4.98 Å². The van der Waals surface area contributed by atoms with E-state index in [1.807, 2.05) is 0 Å². The molecule has 1 aliphatic rings. The van der Waals surface area contributed by atoms with E-state index in [2.05, 4.69) is 145 Å². The average Bonchev–Trinajstić information content (AvgIpc) is 3.01. The van der Waals surface area contributed by atoms with Crippen molar-refractivity contribution in [1.82, 2.24) is 4.98 Å². The van der Waals surface area contributed by atoms with Crippen LogP contribution < -0.4 is 0 Å². The number of rotatable bonds is 3. The molecule has 37 heavy (non-hydrogen) atoms. The average molecular weight is 482 g/mol. The van der Waals surface area contributed by atoms with Gasteiger partial charge >= 0.3 is 0 Å². The van der Waals surface area contributed by atoms with Crippen LogP contribution >= 0.6 is 0 Å². The third kappa shape index (κ3) is 3.55. The van der Waals surface area contributed by atoms with Crippen LogP contribution in [0.3, 0.4) is 0 Å². The number of aromatic nitrogens is 1. The molecule has 184 valence electrons. The number of hydrogen-bond donors (Lipinski definition) is 0. The highest BCUT2D eigenvalue weighted by molar-refractivity contribution is 5.88. The lowest BCUT2D eigenvalue weighted by molar-refractivity contribution is 0.125. The van der Waals surface area contributed by atoms with E-state index in [0.717, 1.165) is 11.3 Å². The number of fused-ring (bicyclic) bond motifs is 2. The fourth-order valence-corrected chi connectivity index (χ4v) is 6.21. The van der Waals surface area contributed by atoms with Gasteiger partial charge in [-0.3, -0.25) is 4.98 Å². The van der Waals surface area contributed by atoms with Crippen LogP contribution in [0.1, 0.15) is 52.7 Å². The summed E-state index contributed by atoms with van der Waals surface area (Å²) < 4.78 is 0. The minimum Gasteiger partial charge on any atom is -0.256 e. The van der Waals surface area contributed by atoms with Gasteiger partial charge in [0.15, 0.2) is 0 Å². The second-order valence-corrected chi connectivity index (χ2v) is 12.2. The molecule has 0 bridgehead atoms. The van der Waals surface area contributed by atoms with Crippen LogP contribution in [-0.2, 0) is 10.8 Å². The van der Waals surface area contributed by atoms with Crippen LogP contribution in [0.15, 0.2) is 103 Å². The molecule has 6 rings (SSSR count). The zero-order chi connectivity index (χ0) is 26.0. The third-order valence-electron chi connectivity index (χ3n) is 9.79. The van der Waals surface area contributed by atoms with Crippen molar-refractivity contribution in [2.45, 2.75) is 52.4 Å². The van der Waals surface area contributed by atoms with Gasteiger partial charge in [0.05, 0.1) is 5.69 Å². The summed E-state index contributed by atoms with van der Waals surface area (Å²) in [5, 5.41) is 2.48. The Morgan fingerprint density at radius 3 is 1.57 bits per heavy atom. The van der Waals surface area contributed by atoms with E-state index in [0.29, 0.717) is 0 Å². The predicted octanol–water partition coefficient (Wildman–Crippen LogP) is 9.83. The maximum absolute atomic E-state index is 4.92. The van der Waals surface area contributed by atoms with Crippen molar-refractivity contribution in [3.05, 3.63) is 114 Å². The minimum atomic E-state index is 0.0904. The Labute approximate surface area is 221 Å². The van der Waals surface area contributed by atoms with Crippen molar-refractivity contribution >= 4 is 10.8 Å².